The van der Waals surface area contributed by atoms with Crippen molar-refractivity contribution in [3.63, 3.8) is 0 Å². The number of benzene rings is 1. The van der Waals surface area contributed by atoms with Crippen molar-refractivity contribution < 1.29 is 23.8 Å². The number of hydrogen-bond donors (Lipinski definition) is 2. The molecule has 0 unspecified atom stereocenters. The second-order valence-electron chi connectivity index (χ2n) is 7.19. The fraction of sp³-hybridized carbons (Fsp3) is 0.292. The van der Waals surface area contributed by atoms with Gasteiger partial charge < -0.3 is 24.5 Å². The highest BCUT2D eigenvalue weighted by Crippen LogP contribution is 2.20. The van der Waals surface area contributed by atoms with Gasteiger partial charge in [0.15, 0.2) is 0 Å². The van der Waals surface area contributed by atoms with Gasteiger partial charge in [-0.05, 0) is 49.2 Å². The number of carbonyl (C=O) groups is 2. The van der Waals surface area contributed by atoms with E-state index in [9.17, 15) is 9.59 Å². The molecule has 2 N–H and O–H groups in total. The maximum absolute atomic E-state index is 12.7. The number of aromatic nitrogens is 2. The van der Waals surface area contributed by atoms with Gasteiger partial charge in [-0.1, -0.05) is 18.2 Å². The smallest absolute Gasteiger partial charge is 0.340 e. The summed E-state index contributed by atoms with van der Waals surface area (Å²) >= 11 is 0. The molecule has 3 aromatic rings. The lowest BCUT2D eigenvalue weighted by Gasteiger charge is -2.09. The summed E-state index contributed by atoms with van der Waals surface area (Å²) in [5.41, 5.74) is 3.56. The highest BCUT2D eigenvalue weighted by atomic mass is 16.6. The Bertz CT molecular complexity index is 1060. The molecule has 0 saturated carbocycles. The summed E-state index contributed by atoms with van der Waals surface area (Å²) < 4.78 is 15.9. The van der Waals surface area contributed by atoms with Crippen LogP contribution in [0.15, 0.2) is 48.7 Å². The predicted octanol–water partition coefficient (Wildman–Crippen LogP) is 3.34. The molecule has 32 heavy (non-hydrogen) atoms. The molecule has 0 bridgehead atoms. The number of hydrogen-bond acceptors (Lipinski definition) is 6. The largest absolute Gasteiger partial charge is 0.487 e. The van der Waals surface area contributed by atoms with Crippen molar-refractivity contribution in [1.29, 1.82) is 0 Å². The summed E-state index contributed by atoms with van der Waals surface area (Å²) in [5.74, 6) is -0.0955. The maximum atomic E-state index is 12.7. The molecule has 8 heteroatoms. The van der Waals surface area contributed by atoms with Crippen molar-refractivity contribution in [1.82, 2.24) is 15.3 Å². The molecule has 2 heterocycles. The lowest BCUT2D eigenvalue weighted by Crippen LogP contribution is -2.24. The van der Waals surface area contributed by atoms with Crippen LogP contribution >= 0.6 is 0 Å². The number of aromatic amines is 1. The van der Waals surface area contributed by atoms with Gasteiger partial charge in [0.1, 0.15) is 24.7 Å². The van der Waals surface area contributed by atoms with E-state index in [2.05, 4.69) is 15.3 Å². The average molecular weight is 437 g/mol. The number of esters is 1. The van der Waals surface area contributed by atoms with Crippen molar-refractivity contribution in [2.45, 2.75) is 27.0 Å². The number of amides is 1. The summed E-state index contributed by atoms with van der Waals surface area (Å²) in [5, 5.41) is 2.88. The zero-order chi connectivity index (χ0) is 22.9. The Morgan fingerprint density at radius 2 is 1.94 bits per heavy atom. The van der Waals surface area contributed by atoms with Crippen LogP contribution in [0.25, 0.3) is 0 Å². The lowest BCUT2D eigenvalue weighted by atomic mass is 10.1. The molecule has 0 radical (unpaired) electrons. The zero-order valence-corrected chi connectivity index (χ0v) is 18.4. The topological polar surface area (TPSA) is 103 Å². The van der Waals surface area contributed by atoms with Crippen molar-refractivity contribution in [2.24, 2.45) is 0 Å². The van der Waals surface area contributed by atoms with Crippen LogP contribution in [0, 0.1) is 13.8 Å². The monoisotopic (exact) mass is 437 g/mol. The van der Waals surface area contributed by atoms with Crippen LogP contribution in [0.5, 0.6) is 5.75 Å². The predicted molar refractivity (Wildman–Crippen MR) is 119 cm³/mol. The number of carbonyl (C=O) groups excluding carboxylic acids is 2. The Balaban J connectivity index is 1.60. The number of methoxy groups -OCH3 is 1. The normalized spacial score (nSPS) is 10.6. The van der Waals surface area contributed by atoms with Gasteiger partial charge in [0.2, 0.25) is 0 Å². The number of nitrogens with zero attached hydrogens (tertiary/aromatic N) is 1. The fourth-order valence-corrected chi connectivity index (χ4v) is 3.23. The minimum atomic E-state index is -0.481. The van der Waals surface area contributed by atoms with E-state index < -0.39 is 5.97 Å². The molecule has 8 nitrogen and oxygen atoms in total. The molecular weight excluding hydrogens is 410 g/mol. The summed E-state index contributed by atoms with van der Waals surface area (Å²) in [6, 6.07) is 13.2. The number of H-pyrrole nitrogens is 1. The lowest BCUT2D eigenvalue weighted by molar-refractivity contribution is 0.0387. The highest BCUT2D eigenvalue weighted by Gasteiger charge is 2.22. The third kappa shape index (κ3) is 5.95. The van der Waals surface area contributed by atoms with Gasteiger partial charge in [-0.15, -0.1) is 0 Å². The van der Waals surface area contributed by atoms with E-state index in [0.717, 1.165) is 11.3 Å². The standard InChI is InChI=1S/C24H27N3O5/c1-16-21(24(29)31-12-11-30-3)17(2)27-22(16)23(28)26-14-18-7-6-9-20(13-18)32-15-19-8-4-5-10-25-19/h4-10,13,27H,11-12,14-15H2,1-3H3,(H,26,28). The Kier molecular flexibility index (Phi) is 7.99. The van der Waals surface area contributed by atoms with Gasteiger partial charge >= 0.3 is 5.97 Å². The summed E-state index contributed by atoms with van der Waals surface area (Å²) in [6.07, 6.45) is 1.72. The van der Waals surface area contributed by atoms with E-state index in [4.69, 9.17) is 14.2 Å². The molecule has 0 saturated heterocycles. The van der Waals surface area contributed by atoms with Crippen molar-refractivity contribution in [3.8, 4) is 5.75 Å². The second kappa shape index (κ2) is 11.1. The van der Waals surface area contributed by atoms with Crippen LogP contribution in [0.4, 0.5) is 0 Å². The van der Waals surface area contributed by atoms with Gasteiger partial charge in [-0.25, -0.2) is 4.79 Å². The van der Waals surface area contributed by atoms with Gasteiger partial charge in [0, 0.05) is 25.5 Å². The Hall–Kier alpha value is -3.65. The Labute approximate surface area is 186 Å². The summed E-state index contributed by atoms with van der Waals surface area (Å²) in [7, 11) is 1.53. The van der Waals surface area contributed by atoms with E-state index in [-0.39, 0.29) is 12.5 Å². The third-order valence-electron chi connectivity index (χ3n) is 4.85. The number of aryl methyl sites for hydroxylation is 1. The van der Waals surface area contributed by atoms with Gasteiger partial charge in [-0.2, -0.15) is 0 Å². The molecule has 0 fully saturated rings. The quantitative estimate of drug-likeness (QED) is 0.373. The van der Waals surface area contributed by atoms with Crippen molar-refractivity contribution >= 4 is 11.9 Å². The molecule has 0 atom stereocenters. The average Bonchev–Trinajstić information content (AvgIpc) is 3.11. The van der Waals surface area contributed by atoms with Crippen LogP contribution in [-0.4, -0.2) is 42.2 Å². The fourth-order valence-electron chi connectivity index (χ4n) is 3.23. The molecular formula is C24H27N3O5. The third-order valence-corrected chi connectivity index (χ3v) is 4.85. The van der Waals surface area contributed by atoms with E-state index in [1.165, 1.54) is 7.11 Å². The summed E-state index contributed by atoms with van der Waals surface area (Å²) in [4.78, 5) is 32.3. The molecule has 1 amide bonds. The number of pyridine rings is 1. The van der Waals surface area contributed by atoms with E-state index in [1.54, 1.807) is 20.0 Å². The molecule has 0 aliphatic rings. The van der Waals surface area contributed by atoms with E-state index in [1.807, 2.05) is 42.5 Å². The Morgan fingerprint density at radius 3 is 2.69 bits per heavy atom. The summed E-state index contributed by atoms with van der Waals surface area (Å²) in [6.45, 7) is 4.59. The first-order chi connectivity index (χ1) is 15.5. The van der Waals surface area contributed by atoms with Crippen LogP contribution in [0.1, 0.15) is 43.4 Å². The number of rotatable bonds is 10. The Morgan fingerprint density at radius 1 is 1.09 bits per heavy atom. The SMILES string of the molecule is COCCOC(=O)c1c(C)[nH]c(C(=O)NCc2cccc(OCc3ccccn3)c2)c1C. The van der Waals surface area contributed by atoms with Crippen LogP contribution < -0.4 is 10.1 Å². The van der Waals surface area contributed by atoms with Crippen molar-refractivity contribution in [3.05, 3.63) is 82.4 Å². The van der Waals surface area contributed by atoms with Crippen molar-refractivity contribution in [2.75, 3.05) is 20.3 Å². The molecule has 0 spiro atoms. The second-order valence-corrected chi connectivity index (χ2v) is 7.19. The highest BCUT2D eigenvalue weighted by molar-refractivity contribution is 6.00. The molecule has 1 aromatic carbocycles. The molecule has 0 aliphatic carbocycles. The number of nitrogens with one attached hydrogen (secondary N) is 2. The maximum Gasteiger partial charge on any atom is 0.340 e. The van der Waals surface area contributed by atoms with Crippen LogP contribution in [0.2, 0.25) is 0 Å². The molecule has 0 aliphatic heterocycles. The first kappa shape index (κ1) is 23.0. The minimum Gasteiger partial charge on any atom is -0.487 e. The molecule has 3 rings (SSSR count). The minimum absolute atomic E-state index is 0.152. The molecule has 2 aromatic heterocycles. The van der Waals surface area contributed by atoms with E-state index in [0.29, 0.717) is 48.0 Å². The van der Waals surface area contributed by atoms with Crippen LogP contribution in [0.3, 0.4) is 0 Å². The van der Waals surface area contributed by atoms with Gasteiger partial charge in [0.05, 0.1) is 17.9 Å². The molecule has 168 valence electrons. The number of ether oxygens (including phenoxy) is 3. The van der Waals surface area contributed by atoms with E-state index >= 15 is 0 Å². The first-order valence-electron chi connectivity index (χ1n) is 10.2. The zero-order valence-electron chi connectivity index (χ0n) is 18.4. The van der Waals surface area contributed by atoms with Gasteiger partial charge in [-0.3, -0.25) is 9.78 Å². The van der Waals surface area contributed by atoms with Crippen LogP contribution in [-0.2, 0) is 22.6 Å². The first-order valence-corrected chi connectivity index (χ1v) is 10.2. The van der Waals surface area contributed by atoms with Gasteiger partial charge in [0.25, 0.3) is 5.91 Å².